The summed E-state index contributed by atoms with van der Waals surface area (Å²) < 4.78 is 1.98. The topological polar surface area (TPSA) is 50.5 Å². The molecule has 0 unspecified atom stereocenters. The number of pyridine rings is 1. The molecule has 1 aliphatic heterocycles. The summed E-state index contributed by atoms with van der Waals surface area (Å²) in [6.45, 7) is 0.748. The van der Waals surface area contributed by atoms with E-state index in [1.54, 1.807) is 0 Å². The Labute approximate surface area is 150 Å². The van der Waals surface area contributed by atoms with Crippen LogP contribution in [-0.4, -0.2) is 31.9 Å². The van der Waals surface area contributed by atoms with Crippen molar-refractivity contribution in [1.82, 2.24) is 19.5 Å². The van der Waals surface area contributed by atoms with Crippen molar-refractivity contribution >= 4 is 22.3 Å². The van der Waals surface area contributed by atoms with E-state index in [-0.39, 0.29) is 11.9 Å². The molecule has 1 saturated heterocycles. The normalized spacial score (nSPS) is 17.2. The average molecular weight is 342 g/mol. The molecule has 1 atom stereocenters. The van der Waals surface area contributed by atoms with E-state index in [0.717, 1.165) is 47.2 Å². The van der Waals surface area contributed by atoms with Crippen molar-refractivity contribution in [3.05, 3.63) is 78.2 Å². The second-order valence-electron chi connectivity index (χ2n) is 6.71. The van der Waals surface area contributed by atoms with Gasteiger partial charge in [-0.2, -0.15) is 0 Å². The van der Waals surface area contributed by atoms with Crippen LogP contribution in [0.15, 0.2) is 66.9 Å². The third-order valence-corrected chi connectivity index (χ3v) is 5.15. The van der Waals surface area contributed by atoms with Gasteiger partial charge in [0.15, 0.2) is 11.5 Å². The summed E-state index contributed by atoms with van der Waals surface area (Å²) in [5.41, 5.74) is 1.54. The Morgan fingerprint density at radius 1 is 0.962 bits per heavy atom. The van der Waals surface area contributed by atoms with Crippen LogP contribution in [0.5, 0.6) is 0 Å². The lowest BCUT2D eigenvalue weighted by Crippen LogP contribution is -2.31. The summed E-state index contributed by atoms with van der Waals surface area (Å²) in [5.74, 6) is 0.901. The first-order valence-corrected chi connectivity index (χ1v) is 8.91. The standard InChI is InChI=1S/C21H18N4O/c26-21(17-11-10-15-6-1-2-7-16(15)14-17)24-13-5-8-18(24)20-23-22-19-9-3-4-12-25(19)20/h1-4,6-7,9-12,14,18H,5,8,13H2/t18-/m1/s1. The maximum atomic E-state index is 13.2. The summed E-state index contributed by atoms with van der Waals surface area (Å²) in [7, 11) is 0. The van der Waals surface area contributed by atoms with E-state index in [2.05, 4.69) is 16.3 Å². The van der Waals surface area contributed by atoms with Gasteiger partial charge < -0.3 is 4.90 Å². The molecule has 1 aliphatic rings. The van der Waals surface area contributed by atoms with Crippen molar-refractivity contribution in [3.8, 4) is 0 Å². The molecule has 0 saturated carbocycles. The smallest absolute Gasteiger partial charge is 0.254 e. The number of benzene rings is 2. The first-order valence-electron chi connectivity index (χ1n) is 8.91. The monoisotopic (exact) mass is 342 g/mol. The number of rotatable bonds is 2. The summed E-state index contributed by atoms with van der Waals surface area (Å²) in [4.78, 5) is 15.1. The number of likely N-dealkylation sites (tertiary alicyclic amines) is 1. The Kier molecular flexibility index (Phi) is 3.45. The number of hydrogen-bond acceptors (Lipinski definition) is 3. The molecule has 128 valence electrons. The fraction of sp³-hybridized carbons (Fsp3) is 0.190. The van der Waals surface area contributed by atoms with Gasteiger partial charge in [-0.1, -0.05) is 36.4 Å². The number of carbonyl (C=O) groups is 1. The molecule has 3 heterocycles. The quantitative estimate of drug-likeness (QED) is 0.556. The van der Waals surface area contributed by atoms with E-state index in [1.807, 2.05) is 70.1 Å². The van der Waals surface area contributed by atoms with E-state index in [4.69, 9.17) is 0 Å². The van der Waals surface area contributed by atoms with E-state index in [9.17, 15) is 4.79 Å². The zero-order chi connectivity index (χ0) is 17.5. The fourth-order valence-corrected chi connectivity index (χ4v) is 3.85. The van der Waals surface area contributed by atoms with Crippen LogP contribution in [0.3, 0.4) is 0 Å². The molecule has 26 heavy (non-hydrogen) atoms. The molecule has 0 spiro atoms. The van der Waals surface area contributed by atoms with Crippen LogP contribution in [-0.2, 0) is 0 Å². The predicted octanol–water partition coefficient (Wildman–Crippen LogP) is 3.86. The summed E-state index contributed by atoms with van der Waals surface area (Å²) in [6.07, 6.45) is 3.85. The largest absolute Gasteiger partial charge is 0.328 e. The molecule has 1 amide bonds. The van der Waals surface area contributed by atoms with Gasteiger partial charge in [-0.25, -0.2) is 0 Å². The molecular weight excluding hydrogens is 324 g/mol. The lowest BCUT2D eigenvalue weighted by molar-refractivity contribution is 0.0729. The first-order chi connectivity index (χ1) is 12.8. The average Bonchev–Trinajstić information content (AvgIpc) is 3.33. The van der Waals surface area contributed by atoms with Crippen LogP contribution in [0.2, 0.25) is 0 Å². The van der Waals surface area contributed by atoms with E-state index < -0.39 is 0 Å². The Hall–Kier alpha value is -3.21. The minimum Gasteiger partial charge on any atom is -0.328 e. The number of carbonyl (C=O) groups excluding carboxylic acids is 1. The lowest BCUT2D eigenvalue weighted by Gasteiger charge is -2.23. The molecule has 1 fully saturated rings. The van der Waals surface area contributed by atoms with Crippen molar-refractivity contribution in [1.29, 1.82) is 0 Å². The number of fused-ring (bicyclic) bond motifs is 2. The summed E-state index contributed by atoms with van der Waals surface area (Å²) in [5, 5.41) is 10.8. The highest BCUT2D eigenvalue weighted by molar-refractivity contribution is 5.98. The zero-order valence-corrected chi connectivity index (χ0v) is 14.2. The molecule has 5 heteroatoms. The van der Waals surface area contributed by atoms with Crippen LogP contribution >= 0.6 is 0 Å². The van der Waals surface area contributed by atoms with Gasteiger partial charge >= 0.3 is 0 Å². The van der Waals surface area contributed by atoms with Gasteiger partial charge in [-0.3, -0.25) is 9.20 Å². The molecule has 2 aromatic heterocycles. The predicted molar refractivity (Wildman–Crippen MR) is 99.9 cm³/mol. The molecule has 5 rings (SSSR count). The van der Waals surface area contributed by atoms with Gasteiger partial charge in [0, 0.05) is 18.3 Å². The second-order valence-corrected chi connectivity index (χ2v) is 6.71. The highest BCUT2D eigenvalue weighted by Gasteiger charge is 2.33. The molecule has 0 bridgehead atoms. The van der Waals surface area contributed by atoms with Crippen molar-refractivity contribution in [2.24, 2.45) is 0 Å². The molecule has 0 N–H and O–H groups in total. The Morgan fingerprint density at radius 2 is 1.81 bits per heavy atom. The molecule has 0 radical (unpaired) electrons. The second kappa shape index (κ2) is 5.95. The third kappa shape index (κ3) is 2.36. The minimum atomic E-state index is -0.0358. The van der Waals surface area contributed by atoms with Crippen molar-refractivity contribution < 1.29 is 4.79 Å². The summed E-state index contributed by atoms with van der Waals surface area (Å²) in [6, 6.07) is 19.8. The Balaban J connectivity index is 1.52. The number of aromatic nitrogens is 3. The van der Waals surface area contributed by atoms with Gasteiger partial charge in [-0.15, -0.1) is 10.2 Å². The maximum absolute atomic E-state index is 13.2. The fourth-order valence-electron chi connectivity index (χ4n) is 3.85. The van der Waals surface area contributed by atoms with Crippen molar-refractivity contribution in [2.75, 3.05) is 6.54 Å². The van der Waals surface area contributed by atoms with Crippen LogP contribution in [0.1, 0.15) is 35.1 Å². The Bertz CT molecular complexity index is 1120. The zero-order valence-electron chi connectivity index (χ0n) is 14.2. The van der Waals surface area contributed by atoms with Gasteiger partial charge in [0.2, 0.25) is 0 Å². The number of hydrogen-bond donors (Lipinski definition) is 0. The SMILES string of the molecule is O=C(c1ccc2ccccc2c1)N1CCC[C@@H]1c1nnc2ccccn12. The van der Waals surface area contributed by atoms with Crippen molar-refractivity contribution in [2.45, 2.75) is 18.9 Å². The van der Waals surface area contributed by atoms with Crippen LogP contribution in [0.25, 0.3) is 16.4 Å². The Morgan fingerprint density at radius 3 is 2.73 bits per heavy atom. The lowest BCUT2D eigenvalue weighted by atomic mass is 10.1. The maximum Gasteiger partial charge on any atom is 0.254 e. The minimum absolute atomic E-state index is 0.0358. The highest BCUT2D eigenvalue weighted by Crippen LogP contribution is 2.32. The number of nitrogens with zero attached hydrogens (tertiary/aromatic N) is 4. The summed E-state index contributed by atoms with van der Waals surface area (Å²) >= 11 is 0. The molecule has 5 nitrogen and oxygen atoms in total. The molecule has 0 aliphatic carbocycles. The highest BCUT2D eigenvalue weighted by atomic mass is 16.2. The van der Waals surface area contributed by atoms with Crippen molar-refractivity contribution in [3.63, 3.8) is 0 Å². The molecule has 4 aromatic rings. The van der Waals surface area contributed by atoms with Crippen LogP contribution < -0.4 is 0 Å². The van der Waals surface area contributed by atoms with Gasteiger partial charge in [0.05, 0.1) is 6.04 Å². The molecule has 2 aromatic carbocycles. The van der Waals surface area contributed by atoms with E-state index >= 15 is 0 Å². The van der Waals surface area contributed by atoms with E-state index in [1.165, 1.54) is 0 Å². The van der Waals surface area contributed by atoms with Gasteiger partial charge in [0.25, 0.3) is 5.91 Å². The van der Waals surface area contributed by atoms with Gasteiger partial charge in [0.1, 0.15) is 0 Å². The van der Waals surface area contributed by atoms with Gasteiger partial charge in [-0.05, 0) is 47.9 Å². The number of amides is 1. The molecular formula is C21H18N4O. The van der Waals surface area contributed by atoms with Crippen LogP contribution in [0, 0.1) is 0 Å². The van der Waals surface area contributed by atoms with E-state index in [0.29, 0.717) is 0 Å². The third-order valence-electron chi connectivity index (χ3n) is 5.15. The first kappa shape index (κ1) is 15.1. The van der Waals surface area contributed by atoms with Crippen LogP contribution in [0.4, 0.5) is 0 Å².